The first-order valence-electron chi connectivity index (χ1n) is 7.30. The molecule has 124 valence electrons. The Hall–Kier alpha value is -1.70. The average molecular weight is 352 g/mol. The maximum Gasteiger partial charge on any atom is 0.252 e. The minimum atomic E-state index is -3.57. The number of rotatable bonds is 8. The van der Waals surface area contributed by atoms with Gasteiger partial charge in [0.1, 0.15) is 4.21 Å². The van der Waals surface area contributed by atoms with E-state index in [-0.39, 0.29) is 16.7 Å². The highest BCUT2D eigenvalue weighted by atomic mass is 32.2. The van der Waals surface area contributed by atoms with Crippen LogP contribution in [-0.2, 0) is 21.2 Å². The highest BCUT2D eigenvalue weighted by molar-refractivity contribution is 7.91. The monoisotopic (exact) mass is 352 g/mol. The third-order valence-electron chi connectivity index (χ3n) is 3.33. The molecular formula is C16H20N2O3S2. The molecule has 0 radical (unpaired) electrons. The molecule has 0 aliphatic heterocycles. The first-order chi connectivity index (χ1) is 11.0. The summed E-state index contributed by atoms with van der Waals surface area (Å²) in [6, 6.07) is 13.2. The summed E-state index contributed by atoms with van der Waals surface area (Å²) in [6.07, 6.45) is 1.70. The fourth-order valence-corrected chi connectivity index (χ4v) is 4.40. The van der Waals surface area contributed by atoms with Crippen LogP contribution in [0.25, 0.3) is 0 Å². The van der Waals surface area contributed by atoms with E-state index < -0.39 is 10.0 Å². The van der Waals surface area contributed by atoms with Crippen molar-refractivity contribution in [2.75, 3.05) is 20.1 Å². The fraction of sp³-hybridized carbons (Fsp3) is 0.312. The maximum atomic E-state index is 12.2. The number of thiophene rings is 1. The van der Waals surface area contributed by atoms with Gasteiger partial charge in [-0.15, -0.1) is 11.3 Å². The predicted octanol–water partition coefficient (Wildman–Crippen LogP) is 2.12. The van der Waals surface area contributed by atoms with Crippen LogP contribution in [0.3, 0.4) is 0 Å². The van der Waals surface area contributed by atoms with Gasteiger partial charge in [-0.05, 0) is 29.9 Å². The van der Waals surface area contributed by atoms with Crippen LogP contribution >= 0.6 is 11.3 Å². The van der Waals surface area contributed by atoms with E-state index in [1.165, 1.54) is 18.7 Å². The second kappa shape index (κ2) is 8.24. The van der Waals surface area contributed by atoms with E-state index in [2.05, 4.69) is 5.32 Å². The quantitative estimate of drug-likeness (QED) is 0.740. The van der Waals surface area contributed by atoms with Crippen LogP contribution in [-0.4, -0.2) is 38.8 Å². The number of aryl methyl sites for hydroxylation is 1. The summed E-state index contributed by atoms with van der Waals surface area (Å²) in [5.41, 5.74) is 1.22. The largest absolute Gasteiger partial charge is 0.355 e. The van der Waals surface area contributed by atoms with Crippen LogP contribution in [0.2, 0.25) is 0 Å². The summed E-state index contributed by atoms with van der Waals surface area (Å²) in [5.74, 6) is -0.291. The van der Waals surface area contributed by atoms with E-state index in [0.29, 0.717) is 6.54 Å². The molecule has 1 N–H and O–H groups in total. The summed E-state index contributed by atoms with van der Waals surface area (Å²) in [7, 11) is -2.16. The molecule has 0 atom stereocenters. The van der Waals surface area contributed by atoms with Gasteiger partial charge in [0.2, 0.25) is 5.91 Å². The number of benzene rings is 1. The maximum absolute atomic E-state index is 12.2. The third-order valence-corrected chi connectivity index (χ3v) is 6.51. The summed E-state index contributed by atoms with van der Waals surface area (Å²) in [6.45, 7) is 0.353. The molecule has 0 fully saturated rings. The number of nitrogens with zero attached hydrogens (tertiary/aromatic N) is 1. The Morgan fingerprint density at radius 3 is 2.57 bits per heavy atom. The minimum Gasteiger partial charge on any atom is -0.355 e. The Morgan fingerprint density at radius 2 is 1.91 bits per heavy atom. The van der Waals surface area contributed by atoms with Crippen LogP contribution in [0.5, 0.6) is 0 Å². The Bertz CT molecular complexity index is 713. The van der Waals surface area contributed by atoms with Crippen LogP contribution in [0.15, 0.2) is 52.1 Å². The van der Waals surface area contributed by atoms with Crippen LogP contribution in [0.1, 0.15) is 12.0 Å². The van der Waals surface area contributed by atoms with Gasteiger partial charge in [0.25, 0.3) is 10.0 Å². The van der Waals surface area contributed by atoms with E-state index in [4.69, 9.17) is 0 Å². The zero-order valence-electron chi connectivity index (χ0n) is 12.9. The summed E-state index contributed by atoms with van der Waals surface area (Å²) >= 11 is 1.14. The second-order valence-electron chi connectivity index (χ2n) is 5.13. The molecule has 2 rings (SSSR count). The lowest BCUT2D eigenvalue weighted by Crippen LogP contribution is -2.38. The fourth-order valence-electron chi connectivity index (χ4n) is 2.07. The smallest absolute Gasteiger partial charge is 0.252 e. The topological polar surface area (TPSA) is 66.5 Å². The number of amides is 1. The molecule has 1 aromatic carbocycles. The van der Waals surface area contributed by atoms with Gasteiger partial charge in [-0.25, -0.2) is 8.42 Å². The lowest BCUT2D eigenvalue weighted by Gasteiger charge is -2.15. The molecule has 1 amide bonds. The number of nitrogens with one attached hydrogen (secondary N) is 1. The molecule has 0 saturated heterocycles. The SMILES string of the molecule is CN(CC(=O)NCCCc1ccccc1)S(=O)(=O)c1cccs1. The van der Waals surface area contributed by atoms with E-state index in [1.807, 2.05) is 30.3 Å². The standard InChI is InChI=1S/C16H20N2O3S2/c1-18(23(20,21)16-10-6-12-22-16)13-15(19)17-11-5-9-14-7-3-2-4-8-14/h2-4,6-8,10,12H,5,9,11,13H2,1H3,(H,17,19). The van der Waals surface area contributed by atoms with E-state index >= 15 is 0 Å². The van der Waals surface area contributed by atoms with Gasteiger partial charge in [-0.3, -0.25) is 4.79 Å². The molecule has 0 bridgehead atoms. The zero-order chi connectivity index (χ0) is 16.7. The first kappa shape index (κ1) is 17.7. The highest BCUT2D eigenvalue weighted by Gasteiger charge is 2.23. The molecule has 1 heterocycles. The lowest BCUT2D eigenvalue weighted by atomic mass is 10.1. The number of sulfonamides is 1. The van der Waals surface area contributed by atoms with Gasteiger partial charge >= 0.3 is 0 Å². The van der Waals surface area contributed by atoms with Crippen molar-refractivity contribution in [2.45, 2.75) is 17.1 Å². The van der Waals surface area contributed by atoms with E-state index in [1.54, 1.807) is 11.4 Å². The summed E-state index contributed by atoms with van der Waals surface area (Å²) in [4.78, 5) is 11.9. The summed E-state index contributed by atoms with van der Waals surface area (Å²) < 4.78 is 25.7. The van der Waals surface area contributed by atoms with Crippen molar-refractivity contribution in [3.8, 4) is 0 Å². The summed E-state index contributed by atoms with van der Waals surface area (Å²) in [5, 5.41) is 4.46. The molecule has 23 heavy (non-hydrogen) atoms. The lowest BCUT2D eigenvalue weighted by molar-refractivity contribution is -0.121. The Morgan fingerprint density at radius 1 is 1.17 bits per heavy atom. The number of hydrogen-bond donors (Lipinski definition) is 1. The van der Waals surface area contributed by atoms with Crippen molar-refractivity contribution in [3.63, 3.8) is 0 Å². The molecule has 5 nitrogen and oxygen atoms in total. The normalized spacial score (nSPS) is 11.6. The van der Waals surface area contributed by atoms with Gasteiger partial charge in [-0.2, -0.15) is 4.31 Å². The van der Waals surface area contributed by atoms with E-state index in [0.717, 1.165) is 28.5 Å². The van der Waals surface area contributed by atoms with Crippen molar-refractivity contribution >= 4 is 27.3 Å². The molecule has 2 aromatic rings. The molecule has 0 saturated carbocycles. The van der Waals surface area contributed by atoms with Crippen LogP contribution in [0, 0.1) is 0 Å². The zero-order valence-corrected chi connectivity index (χ0v) is 14.6. The number of carbonyl (C=O) groups is 1. The van der Waals surface area contributed by atoms with Crippen molar-refractivity contribution < 1.29 is 13.2 Å². The first-order valence-corrected chi connectivity index (χ1v) is 9.62. The Kier molecular flexibility index (Phi) is 6.32. The predicted molar refractivity (Wildman–Crippen MR) is 91.9 cm³/mol. The molecule has 0 unspecified atom stereocenters. The van der Waals surface area contributed by atoms with Gasteiger partial charge in [0.05, 0.1) is 6.54 Å². The minimum absolute atomic E-state index is 0.175. The van der Waals surface area contributed by atoms with Crippen molar-refractivity contribution in [2.24, 2.45) is 0 Å². The van der Waals surface area contributed by atoms with E-state index in [9.17, 15) is 13.2 Å². The Labute approximate surface area is 141 Å². The van der Waals surface area contributed by atoms with Crippen LogP contribution in [0.4, 0.5) is 0 Å². The number of carbonyl (C=O) groups excluding carboxylic acids is 1. The molecule has 0 spiro atoms. The third kappa shape index (κ3) is 5.16. The molecule has 0 aliphatic carbocycles. The van der Waals surface area contributed by atoms with Gasteiger partial charge < -0.3 is 5.32 Å². The van der Waals surface area contributed by atoms with Crippen molar-refractivity contribution in [1.82, 2.24) is 9.62 Å². The van der Waals surface area contributed by atoms with Crippen LogP contribution < -0.4 is 5.32 Å². The highest BCUT2D eigenvalue weighted by Crippen LogP contribution is 2.19. The second-order valence-corrected chi connectivity index (χ2v) is 8.35. The van der Waals surface area contributed by atoms with Gasteiger partial charge in [-0.1, -0.05) is 36.4 Å². The van der Waals surface area contributed by atoms with Crippen molar-refractivity contribution in [3.05, 3.63) is 53.4 Å². The molecular weight excluding hydrogens is 332 g/mol. The number of likely N-dealkylation sites (N-methyl/N-ethyl adjacent to an activating group) is 1. The van der Waals surface area contributed by atoms with Gasteiger partial charge in [0.15, 0.2) is 0 Å². The molecule has 0 aliphatic rings. The Balaban J connectivity index is 1.74. The average Bonchev–Trinajstić information content (AvgIpc) is 3.07. The van der Waals surface area contributed by atoms with Crippen molar-refractivity contribution in [1.29, 1.82) is 0 Å². The number of hydrogen-bond acceptors (Lipinski definition) is 4. The molecule has 7 heteroatoms. The molecule has 1 aromatic heterocycles. The van der Waals surface area contributed by atoms with Gasteiger partial charge in [0, 0.05) is 13.6 Å².